The van der Waals surface area contributed by atoms with E-state index in [1.54, 1.807) is 6.07 Å². The maximum absolute atomic E-state index is 15.3. The van der Waals surface area contributed by atoms with E-state index >= 15 is 4.39 Å². The standard InChI is InChI=1S/C27H33ClFN7O2/c1-15-10-18(12-23-30-14-20(28)26(31-23)32-24-11-16(2)33-34-24)21(29)13-19(15)17-4-8-36(9-5-17)27(38)25-22(37)6-7-35(25)3/h10-11,13-14,17,22,25,37H,4-9,12H2,1-3H3,(H2,30,31,32,33,34)/t22-,25-/m0/s1. The minimum absolute atomic E-state index is 0.00607. The van der Waals surface area contributed by atoms with Crippen LogP contribution in [0.4, 0.5) is 16.0 Å². The van der Waals surface area contributed by atoms with Gasteiger partial charge in [-0.25, -0.2) is 14.4 Å². The highest BCUT2D eigenvalue weighted by Crippen LogP contribution is 2.33. The zero-order valence-corrected chi connectivity index (χ0v) is 22.6. The number of halogens is 2. The molecular weight excluding hydrogens is 509 g/mol. The van der Waals surface area contributed by atoms with Crippen LogP contribution in [0.15, 0.2) is 24.4 Å². The predicted octanol–water partition coefficient (Wildman–Crippen LogP) is 3.71. The number of rotatable bonds is 6. The number of aromatic amines is 1. The number of carbonyl (C=O) groups is 1. The summed E-state index contributed by atoms with van der Waals surface area (Å²) in [6.45, 7) is 5.82. The molecule has 9 nitrogen and oxygen atoms in total. The van der Waals surface area contributed by atoms with Gasteiger partial charge in [0.1, 0.15) is 22.7 Å². The number of carbonyl (C=O) groups excluding carboxylic acids is 1. The van der Waals surface area contributed by atoms with Crippen LogP contribution in [0, 0.1) is 19.7 Å². The van der Waals surface area contributed by atoms with Crippen molar-refractivity contribution in [1.82, 2.24) is 30.0 Å². The van der Waals surface area contributed by atoms with E-state index in [1.165, 1.54) is 6.20 Å². The molecule has 0 spiro atoms. The molecule has 2 saturated heterocycles. The molecule has 1 amide bonds. The van der Waals surface area contributed by atoms with E-state index in [-0.39, 0.29) is 24.1 Å². The van der Waals surface area contributed by atoms with Crippen molar-refractivity contribution in [3.8, 4) is 0 Å². The second-order valence-corrected chi connectivity index (χ2v) is 10.8. The van der Waals surface area contributed by atoms with Gasteiger partial charge >= 0.3 is 0 Å². The molecule has 0 aliphatic carbocycles. The summed E-state index contributed by atoms with van der Waals surface area (Å²) in [6.07, 6.45) is 3.27. The van der Waals surface area contributed by atoms with Crippen molar-refractivity contribution in [2.75, 3.05) is 32.0 Å². The van der Waals surface area contributed by atoms with E-state index in [0.717, 1.165) is 36.2 Å². The van der Waals surface area contributed by atoms with Crippen molar-refractivity contribution in [2.24, 2.45) is 0 Å². The molecular formula is C27H33ClFN7O2. The topological polar surface area (TPSA) is 110 Å². The third-order valence-corrected chi connectivity index (χ3v) is 7.92. The Balaban J connectivity index is 1.25. The number of hydrogen-bond acceptors (Lipinski definition) is 7. The molecule has 11 heteroatoms. The van der Waals surface area contributed by atoms with Crippen molar-refractivity contribution >= 4 is 29.1 Å². The molecule has 0 saturated carbocycles. The van der Waals surface area contributed by atoms with E-state index in [0.29, 0.717) is 47.6 Å². The molecule has 1 aromatic carbocycles. The highest BCUT2D eigenvalue weighted by atomic mass is 35.5. The molecule has 3 aromatic rings. The number of likely N-dealkylation sites (tertiary alicyclic amines) is 2. The minimum atomic E-state index is -0.611. The quantitative estimate of drug-likeness (QED) is 0.436. The molecule has 0 radical (unpaired) electrons. The molecule has 2 aromatic heterocycles. The number of nitrogens with one attached hydrogen (secondary N) is 2. The van der Waals surface area contributed by atoms with E-state index in [1.807, 2.05) is 42.8 Å². The molecule has 5 rings (SSSR count). The first-order chi connectivity index (χ1) is 18.2. The van der Waals surface area contributed by atoms with Gasteiger partial charge in [-0.1, -0.05) is 17.7 Å². The lowest BCUT2D eigenvalue weighted by Gasteiger charge is -2.36. The summed E-state index contributed by atoms with van der Waals surface area (Å²) in [5, 5.41) is 20.6. The number of aryl methyl sites for hydroxylation is 2. The number of aliphatic hydroxyl groups excluding tert-OH is 1. The number of hydrogen-bond donors (Lipinski definition) is 3. The maximum Gasteiger partial charge on any atom is 0.242 e. The molecule has 0 unspecified atom stereocenters. The van der Waals surface area contributed by atoms with Gasteiger partial charge in [-0.15, -0.1) is 0 Å². The Kier molecular flexibility index (Phi) is 7.65. The van der Waals surface area contributed by atoms with Gasteiger partial charge in [0.05, 0.1) is 12.3 Å². The van der Waals surface area contributed by atoms with Crippen LogP contribution in [-0.2, 0) is 11.2 Å². The van der Waals surface area contributed by atoms with Crippen LogP contribution in [0.1, 0.15) is 53.4 Å². The van der Waals surface area contributed by atoms with Gasteiger partial charge in [-0.05, 0) is 68.8 Å². The van der Waals surface area contributed by atoms with Crippen molar-refractivity contribution in [1.29, 1.82) is 0 Å². The Morgan fingerprint density at radius 2 is 1.97 bits per heavy atom. The number of benzene rings is 1. The third-order valence-electron chi connectivity index (χ3n) is 7.65. The summed E-state index contributed by atoms with van der Waals surface area (Å²) in [4.78, 5) is 25.5. The average molecular weight is 542 g/mol. The Labute approximate surface area is 226 Å². The largest absolute Gasteiger partial charge is 0.391 e. The maximum atomic E-state index is 15.3. The molecule has 2 fully saturated rings. The normalized spacial score (nSPS) is 20.7. The average Bonchev–Trinajstić information content (AvgIpc) is 3.46. The highest BCUT2D eigenvalue weighted by molar-refractivity contribution is 6.32. The number of likely N-dealkylation sites (N-methyl/N-ethyl adjacent to an activating group) is 1. The van der Waals surface area contributed by atoms with Crippen LogP contribution >= 0.6 is 11.6 Å². The number of H-pyrrole nitrogens is 1. The number of piperidine rings is 1. The van der Waals surface area contributed by atoms with Gasteiger partial charge in [0.2, 0.25) is 5.91 Å². The van der Waals surface area contributed by atoms with Crippen LogP contribution in [-0.4, -0.2) is 79.8 Å². The first-order valence-corrected chi connectivity index (χ1v) is 13.3. The molecule has 38 heavy (non-hydrogen) atoms. The van der Waals surface area contributed by atoms with E-state index in [4.69, 9.17) is 11.6 Å². The molecule has 0 bridgehead atoms. The molecule has 3 N–H and O–H groups in total. The van der Waals surface area contributed by atoms with E-state index in [9.17, 15) is 9.90 Å². The lowest BCUT2D eigenvalue weighted by Crippen LogP contribution is -2.50. The van der Waals surface area contributed by atoms with Crippen molar-refractivity contribution in [3.05, 3.63) is 63.4 Å². The van der Waals surface area contributed by atoms with E-state index < -0.39 is 12.1 Å². The van der Waals surface area contributed by atoms with Gasteiger partial charge in [0.25, 0.3) is 0 Å². The minimum Gasteiger partial charge on any atom is -0.391 e. The highest BCUT2D eigenvalue weighted by Gasteiger charge is 2.39. The fraction of sp³-hybridized carbons (Fsp3) is 0.481. The van der Waals surface area contributed by atoms with Crippen LogP contribution in [0.3, 0.4) is 0 Å². The van der Waals surface area contributed by atoms with E-state index in [2.05, 4.69) is 25.5 Å². The van der Waals surface area contributed by atoms with Crippen LogP contribution in [0.5, 0.6) is 0 Å². The predicted molar refractivity (Wildman–Crippen MR) is 143 cm³/mol. The molecule has 4 heterocycles. The number of aromatic nitrogens is 4. The van der Waals surface area contributed by atoms with Gasteiger partial charge in [-0.2, -0.15) is 5.10 Å². The van der Waals surface area contributed by atoms with Crippen molar-refractivity contribution < 1.29 is 14.3 Å². The molecule has 202 valence electrons. The fourth-order valence-corrected chi connectivity index (χ4v) is 5.70. The zero-order chi connectivity index (χ0) is 27.0. The zero-order valence-electron chi connectivity index (χ0n) is 21.8. The summed E-state index contributed by atoms with van der Waals surface area (Å²) in [7, 11) is 1.88. The Morgan fingerprint density at radius 1 is 1.21 bits per heavy atom. The van der Waals surface area contributed by atoms with Gasteiger partial charge < -0.3 is 15.3 Å². The fourth-order valence-electron chi connectivity index (χ4n) is 5.56. The van der Waals surface area contributed by atoms with Crippen LogP contribution in [0.2, 0.25) is 5.02 Å². The van der Waals surface area contributed by atoms with Gasteiger partial charge in [0.15, 0.2) is 11.6 Å². The Morgan fingerprint density at radius 3 is 2.63 bits per heavy atom. The lowest BCUT2D eigenvalue weighted by molar-refractivity contribution is -0.139. The number of nitrogens with zero attached hydrogens (tertiary/aromatic N) is 5. The summed E-state index contributed by atoms with van der Waals surface area (Å²) in [6, 6.07) is 4.87. The van der Waals surface area contributed by atoms with Crippen LogP contribution in [0.25, 0.3) is 0 Å². The molecule has 2 aliphatic heterocycles. The Hall–Kier alpha value is -3.08. The second kappa shape index (κ2) is 11.0. The summed E-state index contributed by atoms with van der Waals surface area (Å²) in [5.74, 6) is 1.31. The second-order valence-electron chi connectivity index (χ2n) is 10.4. The van der Waals surface area contributed by atoms with Gasteiger partial charge in [0, 0.05) is 37.8 Å². The SMILES string of the molecule is Cc1cc(Nc2nc(Cc3cc(C)c(C4CCN(C(=O)[C@@H]5[C@@H](O)CCN5C)CC4)cc3F)ncc2Cl)n[nH]1. The number of amides is 1. The summed E-state index contributed by atoms with van der Waals surface area (Å²) in [5.41, 5.74) is 3.40. The first-order valence-electron chi connectivity index (χ1n) is 13.0. The number of anilines is 2. The van der Waals surface area contributed by atoms with Crippen LogP contribution < -0.4 is 5.32 Å². The van der Waals surface area contributed by atoms with Gasteiger partial charge in [-0.3, -0.25) is 14.8 Å². The Bertz CT molecular complexity index is 1310. The number of aliphatic hydroxyl groups is 1. The monoisotopic (exact) mass is 541 g/mol. The summed E-state index contributed by atoms with van der Waals surface area (Å²) >= 11 is 6.26. The van der Waals surface area contributed by atoms with Crippen molar-refractivity contribution in [2.45, 2.75) is 57.6 Å². The molecule has 2 atom stereocenters. The lowest BCUT2D eigenvalue weighted by atomic mass is 9.85. The van der Waals surface area contributed by atoms with Crippen molar-refractivity contribution in [3.63, 3.8) is 0 Å². The smallest absolute Gasteiger partial charge is 0.242 e. The third kappa shape index (κ3) is 5.52. The summed E-state index contributed by atoms with van der Waals surface area (Å²) < 4.78 is 15.3. The molecule has 2 aliphatic rings. The first kappa shape index (κ1) is 26.5.